The van der Waals surface area contributed by atoms with Crippen LogP contribution in [0.3, 0.4) is 0 Å². The molecule has 1 rings (SSSR count). The molecule has 1 amide bonds. The highest BCUT2D eigenvalue weighted by molar-refractivity contribution is 5.84. The van der Waals surface area contributed by atoms with Gasteiger partial charge in [-0.2, -0.15) is 5.26 Å². The van der Waals surface area contributed by atoms with Crippen LogP contribution in [0.15, 0.2) is 18.2 Å². The summed E-state index contributed by atoms with van der Waals surface area (Å²) in [6.07, 6.45) is -0.694. The van der Waals surface area contributed by atoms with E-state index in [-0.39, 0.29) is 6.42 Å². The summed E-state index contributed by atoms with van der Waals surface area (Å²) in [5, 5.41) is 19.8. The Morgan fingerprint density at radius 2 is 1.95 bits per heavy atom. The fourth-order valence-electron chi connectivity index (χ4n) is 1.73. The van der Waals surface area contributed by atoms with Gasteiger partial charge in [0, 0.05) is 11.5 Å². The fraction of sp³-hybridized carbons (Fsp3) is 0.357. The summed E-state index contributed by atoms with van der Waals surface area (Å²) >= 11 is 0. The Morgan fingerprint density at radius 1 is 1.38 bits per heavy atom. The second-order valence-corrected chi connectivity index (χ2v) is 4.60. The number of halogens is 2. The molecule has 1 aromatic carbocycles. The molecule has 7 heteroatoms. The van der Waals surface area contributed by atoms with Crippen molar-refractivity contribution in [1.82, 2.24) is 5.32 Å². The van der Waals surface area contributed by atoms with Gasteiger partial charge in [-0.3, -0.25) is 4.79 Å². The Labute approximate surface area is 120 Å². The number of amides is 1. The topological polar surface area (TPSA) is 90.2 Å². The number of nitriles is 1. The van der Waals surface area contributed by atoms with E-state index >= 15 is 0 Å². The minimum absolute atomic E-state index is 0.0860. The van der Waals surface area contributed by atoms with Gasteiger partial charge in [-0.1, -0.05) is 6.07 Å². The average molecular weight is 296 g/mol. The van der Waals surface area contributed by atoms with Crippen LogP contribution in [0.4, 0.5) is 8.78 Å². The highest BCUT2D eigenvalue weighted by atomic mass is 19.1. The van der Waals surface area contributed by atoms with Gasteiger partial charge in [-0.05, 0) is 25.5 Å². The molecule has 112 valence electrons. The first-order chi connectivity index (χ1) is 9.85. The number of carboxylic acids is 1. The van der Waals surface area contributed by atoms with E-state index in [0.717, 1.165) is 12.1 Å². The van der Waals surface area contributed by atoms with Gasteiger partial charge in [0.05, 0.1) is 12.5 Å². The molecule has 0 saturated heterocycles. The highest BCUT2D eigenvalue weighted by Gasteiger charge is 2.23. The normalized spacial score (nSPS) is 13.0. The van der Waals surface area contributed by atoms with Gasteiger partial charge in [0.25, 0.3) is 0 Å². The number of hydrogen-bond acceptors (Lipinski definition) is 3. The molecule has 0 fully saturated rings. The molecule has 1 aromatic rings. The van der Waals surface area contributed by atoms with Crippen LogP contribution in [0, 0.1) is 28.9 Å². The maximum Gasteiger partial charge on any atom is 0.326 e. The van der Waals surface area contributed by atoms with Crippen molar-refractivity contribution in [3.05, 3.63) is 35.4 Å². The number of nitrogens with zero attached hydrogens (tertiary/aromatic N) is 1. The lowest BCUT2D eigenvalue weighted by Crippen LogP contribution is -2.42. The van der Waals surface area contributed by atoms with Crippen molar-refractivity contribution in [2.45, 2.75) is 25.8 Å². The first-order valence-electron chi connectivity index (χ1n) is 6.19. The zero-order valence-corrected chi connectivity index (χ0v) is 11.3. The molecule has 0 spiro atoms. The first-order valence-corrected chi connectivity index (χ1v) is 6.19. The van der Waals surface area contributed by atoms with E-state index in [1.54, 1.807) is 0 Å². The number of benzene rings is 1. The van der Waals surface area contributed by atoms with E-state index in [0.29, 0.717) is 0 Å². The molecule has 0 aromatic heterocycles. The van der Waals surface area contributed by atoms with Crippen LogP contribution in [0.5, 0.6) is 0 Å². The third-order valence-electron chi connectivity index (χ3n) is 2.84. The van der Waals surface area contributed by atoms with E-state index in [1.807, 2.05) is 6.07 Å². The Hall–Kier alpha value is -2.49. The Bertz CT molecular complexity index is 564. The Balaban J connectivity index is 2.75. The van der Waals surface area contributed by atoms with Gasteiger partial charge in [-0.25, -0.2) is 13.6 Å². The van der Waals surface area contributed by atoms with Crippen molar-refractivity contribution in [2.24, 2.45) is 5.92 Å². The molecule has 0 saturated carbocycles. The largest absolute Gasteiger partial charge is 0.480 e. The summed E-state index contributed by atoms with van der Waals surface area (Å²) in [5.74, 6) is -4.45. The molecule has 0 radical (unpaired) electrons. The standard InChI is InChI=1S/C14H14F2N2O3/c1-8(7-17)5-12(14(20)21)18-13(19)6-9-10(15)3-2-4-11(9)16/h2-4,8,12H,5-6H2,1H3,(H,18,19)(H,20,21)/t8-,12-/m1/s1. The van der Waals surface area contributed by atoms with Crippen LogP contribution in [0.2, 0.25) is 0 Å². The van der Waals surface area contributed by atoms with E-state index < -0.39 is 47.5 Å². The lowest BCUT2D eigenvalue weighted by atomic mass is 10.0. The van der Waals surface area contributed by atoms with Crippen molar-refractivity contribution < 1.29 is 23.5 Å². The Morgan fingerprint density at radius 3 is 2.43 bits per heavy atom. The maximum atomic E-state index is 13.4. The van der Waals surface area contributed by atoms with E-state index in [9.17, 15) is 18.4 Å². The summed E-state index contributed by atoms with van der Waals surface area (Å²) < 4.78 is 26.8. The van der Waals surface area contributed by atoms with Crippen LogP contribution in [-0.4, -0.2) is 23.0 Å². The van der Waals surface area contributed by atoms with Crippen LogP contribution >= 0.6 is 0 Å². The Kier molecular flexibility index (Phi) is 5.79. The SMILES string of the molecule is C[C@@H](C#N)C[C@@H](NC(=O)Cc1c(F)cccc1F)C(=O)O. The first kappa shape index (κ1) is 16.6. The van der Waals surface area contributed by atoms with E-state index in [4.69, 9.17) is 10.4 Å². The van der Waals surface area contributed by atoms with Gasteiger partial charge in [0.1, 0.15) is 17.7 Å². The zero-order chi connectivity index (χ0) is 16.0. The monoisotopic (exact) mass is 296 g/mol. The molecular formula is C14H14F2N2O3. The van der Waals surface area contributed by atoms with Gasteiger partial charge >= 0.3 is 5.97 Å². The fourth-order valence-corrected chi connectivity index (χ4v) is 1.73. The minimum atomic E-state index is -1.31. The van der Waals surface area contributed by atoms with Gasteiger partial charge in [0.2, 0.25) is 5.91 Å². The predicted molar refractivity (Wildman–Crippen MR) is 69.0 cm³/mol. The lowest BCUT2D eigenvalue weighted by Gasteiger charge is -2.15. The molecule has 0 aliphatic rings. The molecule has 0 aliphatic carbocycles. The number of nitrogens with one attached hydrogen (secondary N) is 1. The number of aliphatic carboxylic acids is 1. The zero-order valence-electron chi connectivity index (χ0n) is 11.3. The molecule has 0 unspecified atom stereocenters. The lowest BCUT2D eigenvalue weighted by molar-refractivity contribution is -0.142. The van der Waals surface area contributed by atoms with Crippen LogP contribution in [-0.2, 0) is 16.0 Å². The van der Waals surface area contributed by atoms with Crippen molar-refractivity contribution in [3.63, 3.8) is 0 Å². The number of carbonyl (C=O) groups is 2. The third kappa shape index (κ3) is 4.84. The van der Waals surface area contributed by atoms with Crippen molar-refractivity contribution in [3.8, 4) is 6.07 Å². The van der Waals surface area contributed by atoms with E-state index in [1.165, 1.54) is 13.0 Å². The summed E-state index contributed by atoms with van der Waals surface area (Å²) in [4.78, 5) is 22.7. The van der Waals surface area contributed by atoms with Crippen LogP contribution in [0.25, 0.3) is 0 Å². The quantitative estimate of drug-likeness (QED) is 0.834. The number of carboxylic acid groups (broad SMARTS) is 1. The second kappa shape index (κ2) is 7.33. The number of carbonyl (C=O) groups excluding carboxylic acids is 1. The highest BCUT2D eigenvalue weighted by Crippen LogP contribution is 2.13. The average Bonchev–Trinajstić information content (AvgIpc) is 2.42. The van der Waals surface area contributed by atoms with Crippen molar-refractivity contribution in [1.29, 1.82) is 5.26 Å². The summed E-state index contributed by atoms with van der Waals surface area (Å²) in [5.41, 5.74) is -0.424. The third-order valence-corrected chi connectivity index (χ3v) is 2.84. The number of hydrogen-bond donors (Lipinski definition) is 2. The second-order valence-electron chi connectivity index (χ2n) is 4.60. The van der Waals surface area contributed by atoms with Crippen LogP contribution < -0.4 is 5.32 Å². The smallest absolute Gasteiger partial charge is 0.326 e. The molecule has 5 nitrogen and oxygen atoms in total. The van der Waals surface area contributed by atoms with Crippen molar-refractivity contribution in [2.75, 3.05) is 0 Å². The van der Waals surface area contributed by atoms with Crippen molar-refractivity contribution >= 4 is 11.9 Å². The summed E-state index contributed by atoms with van der Waals surface area (Å²) in [6.45, 7) is 1.51. The van der Waals surface area contributed by atoms with Crippen LogP contribution in [0.1, 0.15) is 18.9 Å². The van der Waals surface area contributed by atoms with Gasteiger partial charge in [-0.15, -0.1) is 0 Å². The maximum absolute atomic E-state index is 13.4. The minimum Gasteiger partial charge on any atom is -0.480 e. The molecule has 0 bridgehead atoms. The van der Waals surface area contributed by atoms with E-state index in [2.05, 4.69) is 5.32 Å². The molecular weight excluding hydrogens is 282 g/mol. The van der Waals surface area contributed by atoms with Gasteiger partial charge < -0.3 is 10.4 Å². The molecule has 21 heavy (non-hydrogen) atoms. The van der Waals surface area contributed by atoms with Gasteiger partial charge in [0.15, 0.2) is 0 Å². The predicted octanol–water partition coefficient (Wildman–Crippen LogP) is 1.63. The molecule has 0 aliphatic heterocycles. The molecule has 0 heterocycles. The molecule has 2 atom stereocenters. The number of rotatable bonds is 6. The molecule has 2 N–H and O–H groups in total. The summed E-state index contributed by atoms with van der Waals surface area (Å²) in [6, 6.07) is 3.77. The summed E-state index contributed by atoms with van der Waals surface area (Å²) in [7, 11) is 0.